The number of carbonyl (C=O) groups is 2. The van der Waals surface area contributed by atoms with E-state index in [0.29, 0.717) is 22.4 Å². The number of rotatable bonds is 3. The van der Waals surface area contributed by atoms with Crippen molar-refractivity contribution >= 4 is 17.1 Å². The van der Waals surface area contributed by atoms with Crippen molar-refractivity contribution in [2.45, 2.75) is 6.92 Å². The molecule has 0 amide bonds. The molecule has 120 valence electrons. The maximum absolute atomic E-state index is 12.2. The van der Waals surface area contributed by atoms with Gasteiger partial charge in [0.1, 0.15) is 11.5 Å². The second-order valence-electron chi connectivity index (χ2n) is 5.50. The molecule has 1 aliphatic rings. The Morgan fingerprint density at radius 3 is 2.42 bits per heavy atom. The van der Waals surface area contributed by atoms with Crippen LogP contribution < -0.4 is 4.74 Å². The number of benzene rings is 2. The molecular weight excluding hydrogens is 304 g/mol. The number of methoxy groups -OCH3 is 1. The molecule has 0 fully saturated rings. The lowest BCUT2D eigenvalue weighted by atomic mass is 9.89. The van der Waals surface area contributed by atoms with E-state index in [1.807, 2.05) is 30.3 Å². The number of aromatic hydroxyl groups is 1. The van der Waals surface area contributed by atoms with Crippen LogP contribution in [0.2, 0.25) is 0 Å². The van der Waals surface area contributed by atoms with E-state index in [9.17, 15) is 14.7 Å². The average Bonchev–Trinajstić information content (AvgIpc) is 2.59. The van der Waals surface area contributed by atoms with Gasteiger partial charge in [0.05, 0.1) is 7.11 Å². The molecule has 0 aromatic heterocycles. The molecule has 0 radical (unpaired) electrons. The zero-order valence-electron chi connectivity index (χ0n) is 13.4. The summed E-state index contributed by atoms with van der Waals surface area (Å²) in [5, 5.41) is 10.3. The third kappa shape index (κ3) is 2.63. The Hall–Kier alpha value is -3.14. The van der Waals surface area contributed by atoms with Crippen LogP contribution in [0.3, 0.4) is 0 Å². The fourth-order valence-electron chi connectivity index (χ4n) is 2.83. The van der Waals surface area contributed by atoms with Crippen LogP contribution in [-0.4, -0.2) is 23.8 Å². The first-order valence-electron chi connectivity index (χ1n) is 7.47. The highest BCUT2D eigenvalue weighted by Crippen LogP contribution is 2.43. The Kier molecular flexibility index (Phi) is 4.04. The Morgan fingerprint density at radius 2 is 1.75 bits per heavy atom. The van der Waals surface area contributed by atoms with Crippen LogP contribution in [0.25, 0.3) is 16.7 Å². The van der Waals surface area contributed by atoms with Gasteiger partial charge >= 0.3 is 0 Å². The number of carbonyl (C=O) groups excluding carboxylic acids is 2. The van der Waals surface area contributed by atoms with E-state index in [2.05, 4.69) is 0 Å². The molecule has 0 saturated heterocycles. The molecule has 2 aromatic carbocycles. The van der Waals surface area contributed by atoms with Crippen LogP contribution in [0, 0.1) is 6.92 Å². The molecule has 4 heteroatoms. The summed E-state index contributed by atoms with van der Waals surface area (Å²) in [6, 6.07) is 10.9. The van der Waals surface area contributed by atoms with E-state index in [1.165, 1.54) is 31.4 Å². The molecule has 24 heavy (non-hydrogen) atoms. The first kappa shape index (κ1) is 15.7. The summed E-state index contributed by atoms with van der Waals surface area (Å²) in [6.45, 7) is 1.78. The van der Waals surface area contributed by atoms with Gasteiger partial charge in [0.25, 0.3) is 0 Å². The number of phenols is 1. The van der Waals surface area contributed by atoms with Crippen LogP contribution in [0.5, 0.6) is 11.5 Å². The van der Waals surface area contributed by atoms with Crippen molar-refractivity contribution in [1.29, 1.82) is 0 Å². The lowest BCUT2D eigenvalue weighted by molar-refractivity contribution is -0.113. The molecule has 0 unspecified atom stereocenters. The van der Waals surface area contributed by atoms with E-state index in [1.54, 1.807) is 6.92 Å². The second-order valence-corrected chi connectivity index (χ2v) is 5.50. The Balaban J connectivity index is 2.31. The van der Waals surface area contributed by atoms with Gasteiger partial charge in [0.2, 0.25) is 0 Å². The molecule has 0 atom stereocenters. The van der Waals surface area contributed by atoms with Crippen LogP contribution >= 0.6 is 0 Å². The van der Waals surface area contributed by atoms with Gasteiger partial charge in [-0.1, -0.05) is 30.3 Å². The summed E-state index contributed by atoms with van der Waals surface area (Å²) in [4.78, 5) is 23.9. The molecule has 2 aromatic rings. The maximum atomic E-state index is 12.2. The van der Waals surface area contributed by atoms with Crippen molar-refractivity contribution in [3.8, 4) is 22.6 Å². The van der Waals surface area contributed by atoms with E-state index < -0.39 is 0 Å². The zero-order chi connectivity index (χ0) is 17.3. The van der Waals surface area contributed by atoms with Crippen LogP contribution in [0.15, 0.2) is 54.6 Å². The SMILES string of the molecule is COc1c(C2=CC(=O)C=CC2=O)cc(O)c(C)c1-c1ccccc1. The maximum Gasteiger partial charge on any atom is 0.186 e. The minimum absolute atomic E-state index is 0.0420. The third-order valence-corrected chi connectivity index (χ3v) is 4.02. The summed E-state index contributed by atoms with van der Waals surface area (Å²) >= 11 is 0. The van der Waals surface area contributed by atoms with Crippen molar-refractivity contribution in [2.24, 2.45) is 0 Å². The highest BCUT2D eigenvalue weighted by molar-refractivity contribution is 6.34. The highest BCUT2D eigenvalue weighted by Gasteiger charge is 2.24. The van der Waals surface area contributed by atoms with Gasteiger partial charge in [-0.2, -0.15) is 0 Å². The number of phenolic OH excluding ortho intramolecular Hbond substituents is 1. The van der Waals surface area contributed by atoms with Crippen LogP contribution in [0.1, 0.15) is 11.1 Å². The lowest BCUT2D eigenvalue weighted by Gasteiger charge is -2.19. The molecule has 0 spiro atoms. The second kappa shape index (κ2) is 6.16. The minimum Gasteiger partial charge on any atom is -0.508 e. The molecule has 4 nitrogen and oxygen atoms in total. The van der Waals surface area contributed by atoms with Crippen LogP contribution in [0.4, 0.5) is 0 Å². The fourth-order valence-corrected chi connectivity index (χ4v) is 2.83. The summed E-state index contributed by atoms with van der Waals surface area (Å²) in [6.07, 6.45) is 3.73. The van der Waals surface area contributed by atoms with Crippen LogP contribution in [-0.2, 0) is 9.59 Å². The van der Waals surface area contributed by atoms with Gasteiger partial charge < -0.3 is 9.84 Å². The molecule has 0 saturated carbocycles. The first-order chi connectivity index (χ1) is 11.5. The van der Waals surface area contributed by atoms with Crippen molar-refractivity contribution in [3.05, 3.63) is 65.8 Å². The monoisotopic (exact) mass is 320 g/mol. The molecule has 0 heterocycles. The number of hydrogen-bond donors (Lipinski definition) is 1. The fraction of sp³-hybridized carbons (Fsp3) is 0.100. The predicted octanol–water partition coefficient (Wildman–Crippen LogP) is 3.47. The molecule has 3 rings (SSSR count). The number of ether oxygens (including phenoxy) is 1. The van der Waals surface area contributed by atoms with Crippen molar-refractivity contribution in [2.75, 3.05) is 7.11 Å². The molecule has 0 bridgehead atoms. The Labute approximate surface area is 139 Å². The largest absolute Gasteiger partial charge is 0.508 e. The van der Waals surface area contributed by atoms with Gasteiger partial charge in [0.15, 0.2) is 11.6 Å². The molecule has 1 aliphatic carbocycles. The van der Waals surface area contributed by atoms with Gasteiger partial charge in [-0.15, -0.1) is 0 Å². The highest BCUT2D eigenvalue weighted by atomic mass is 16.5. The van der Waals surface area contributed by atoms with Crippen molar-refractivity contribution in [1.82, 2.24) is 0 Å². The summed E-state index contributed by atoms with van der Waals surface area (Å²) in [5.41, 5.74) is 2.82. The quantitative estimate of drug-likeness (QED) is 0.880. The normalized spacial score (nSPS) is 13.8. The predicted molar refractivity (Wildman–Crippen MR) is 92.0 cm³/mol. The Morgan fingerprint density at radius 1 is 1.04 bits per heavy atom. The molecular formula is C20H16O4. The van der Waals surface area contributed by atoms with E-state index >= 15 is 0 Å². The van der Waals surface area contributed by atoms with E-state index in [0.717, 1.165) is 5.56 Å². The Bertz CT molecular complexity index is 890. The lowest BCUT2D eigenvalue weighted by Crippen LogP contribution is -2.08. The zero-order valence-corrected chi connectivity index (χ0v) is 13.4. The first-order valence-corrected chi connectivity index (χ1v) is 7.47. The van der Waals surface area contributed by atoms with Gasteiger partial charge in [-0.05, 0) is 36.8 Å². The summed E-state index contributed by atoms with van der Waals surface area (Å²) in [5.74, 6) is -0.0669. The molecule has 1 N–H and O–H groups in total. The average molecular weight is 320 g/mol. The number of ketones is 2. The number of hydrogen-bond acceptors (Lipinski definition) is 4. The van der Waals surface area contributed by atoms with E-state index in [4.69, 9.17) is 4.74 Å². The molecule has 0 aliphatic heterocycles. The summed E-state index contributed by atoms with van der Waals surface area (Å²) in [7, 11) is 1.51. The third-order valence-electron chi connectivity index (χ3n) is 4.02. The standard InChI is InChI=1S/C20H16O4/c1-12-18(23)11-16(15-10-14(21)8-9-17(15)22)20(24-2)19(12)13-6-4-3-5-7-13/h3-11,23H,1-2H3. The smallest absolute Gasteiger partial charge is 0.186 e. The minimum atomic E-state index is -0.296. The van der Waals surface area contributed by atoms with Gasteiger partial charge in [-0.25, -0.2) is 0 Å². The number of allylic oxidation sites excluding steroid dienone is 4. The van der Waals surface area contributed by atoms with E-state index in [-0.39, 0.29) is 22.9 Å². The van der Waals surface area contributed by atoms with Gasteiger partial charge in [-0.3, -0.25) is 9.59 Å². The van der Waals surface area contributed by atoms with Crippen molar-refractivity contribution < 1.29 is 19.4 Å². The topological polar surface area (TPSA) is 63.6 Å². The van der Waals surface area contributed by atoms with Crippen molar-refractivity contribution in [3.63, 3.8) is 0 Å². The van der Waals surface area contributed by atoms with Gasteiger partial charge in [0, 0.05) is 22.3 Å². The summed E-state index contributed by atoms with van der Waals surface area (Å²) < 4.78 is 5.56.